The van der Waals surface area contributed by atoms with Crippen molar-refractivity contribution in [1.29, 1.82) is 0 Å². The summed E-state index contributed by atoms with van der Waals surface area (Å²) in [6.07, 6.45) is 0. The largest absolute Gasteiger partial charge is 0.481 e. The number of carboxylic acid groups (broad SMARTS) is 1. The summed E-state index contributed by atoms with van der Waals surface area (Å²) >= 11 is 0. The zero-order valence-electron chi connectivity index (χ0n) is 10.7. The fourth-order valence-electron chi connectivity index (χ4n) is 2.28. The van der Waals surface area contributed by atoms with Crippen LogP contribution in [0, 0.1) is 23.2 Å². The Hall–Kier alpha value is -1.10. The monoisotopic (exact) mass is 243 g/mol. The quantitative estimate of drug-likeness (QED) is 0.655. The lowest BCUT2D eigenvalue weighted by Gasteiger charge is -2.20. The molecule has 1 aliphatic rings. The SMILES string of the molecule is CC(C)[C@@H](CO)NC(=O)[C@H]1[C@@H](C(=O)O)C1(C)C. The summed E-state index contributed by atoms with van der Waals surface area (Å²) in [5.41, 5.74) is -0.493. The van der Waals surface area contributed by atoms with Crippen LogP contribution in [0.5, 0.6) is 0 Å². The molecule has 0 aromatic rings. The number of aliphatic carboxylic acids is 1. The smallest absolute Gasteiger partial charge is 0.307 e. The molecular weight excluding hydrogens is 222 g/mol. The van der Waals surface area contributed by atoms with Gasteiger partial charge in [0, 0.05) is 0 Å². The van der Waals surface area contributed by atoms with Gasteiger partial charge in [0.1, 0.15) is 0 Å². The number of amides is 1. The number of aliphatic hydroxyl groups excluding tert-OH is 1. The maximum Gasteiger partial charge on any atom is 0.307 e. The van der Waals surface area contributed by atoms with Crippen LogP contribution in [-0.4, -0.2) is 34.7 Å². The molecule has 1 rings (SSSR count). The van der Waals surface area contributed by atoms with Crippen molar-refractivity contribution in [3.8, 4) is 0 Å². The summed E-state index contributed by atoms with van der Waals surface area (Å²) in [4.78, 5) is 22.9. The maximum atomic E-state index is 11.9. The molecule has 98 valence electrons. The molecule has 0 aromatic carbocycles. The Morgan fingerprint density at radius 2 is 1.82 bits per heavy atom. The third kappa shape index (κ3) is 2.60. The van der Waals surface area contributed by atoms with Crippen molar-refractivity contribution in [3.63, 3.8) is 0 Å². The summed E-state index contributed by atoms with van der Waals surface area (Å²) in [6, 6.07) is -0.312. The molecule has 3 N–H and O–H groups in total. The Morgan fingerprint density at radius 1 is 1.29 bits per heavy atom. The van der Waals surface area contributed by atoms with Gasteiger partial charge in [-0.3, -0.25) is 9.59 Å². The van der Waals surface area contributed by atoms with Crippen LogP contribution in [0.4, 0.5) is 0 Å². The molecule has 5 nitrogen and oxygen atoms in total. The molecule has 0 spiro atoms. The lowest BCUT2D eigenvalue weighted by atomic mass is 10.0. The molecule has 1 fully saturated rings. The molecule has 17 heavy (non-hydrogen) atoms. The minimum absolute atomic E-state index is 0.120. The highest BCUT2D eigenvalue weighted by atomic mass is 16.4. The first-order valence-corrected chi connectivity index (χ1v) is 5.87. The van der Waals surface area contributed by atoms with E-state index < -0.39 is 23.2 Å². The highest BCUT2D eigenvalue weighted by Gasteiger charge is 2.65. The van der Waals surface area contributed by atoms with E-state index in [1.165, 1.54) is 0 Å². The maximum absolute atomic E-state index is 11.9. The normalized spacial score (nSPS) is 27.6. The van der Waals surface area contributed by atoms with Crippen LogP contribution >= 0.6 is 0 Å². The third-order valence-electron chi connectivity index (χ3n) is 3.70. The van der Waals surface area contributed by atoms with E-state index in [0.29, 0.717) is 0 Å². The summed E-state index contributed by atoms with van der Waals surface area (Å²) in [5, 5.41) is 20.8. The molecule has 0 aliphatic heterocycles. The van der Waals surface area contributed by atoms with Crippen LogP contribution in [0.2, 0.25) is 0 Å². The average molecular weight is 243 g/mol. The number of carbonyl (C=O) groups excluding carboxylic acids is 1. The van der Waals surface area contributed by atoms with Gasteiger partial charge < -0.3 is 15.5 Å². The number of hydrogen-bond donors (Lipinski definition) is 3. The van der Waals surface area contributed by atoms with E-state index in [0.717, 1.165) is 0 Å². The third-order valence-corrected chi connectivity index (χ3v) is 3.70. The molecule has 1 saturated carbocycles. The Balaban J connectivity index is 2.64. The highest BCUT2D eigenvalue weighted by Crippen LogP contribution is 2.58. The second-order valence-electron chi connectivity index (χ2n) is 5.66. The average Bonchev–Trinajstić information content (AvgIpc) is 2.77. The van der Waals surface area contributed by atoms with Crippen LogP contribution in [0.15, 0.2) is 0 Å². The van der Waals surface area contributed by atoms with Gasteiger partial charge >= 0.3 is 5.97 Å². The summed E-state index contributed by atoms with van der Waals surface area (Å²) < 4.78 is 0. The number of hydrogen-bond acceptors (Lipinski definition) is 3. The summed E-state index contributed by atoms with van der Waals surface area (Å²) in [5.74, 6) is -2.19. The van der Waals surface area contributed by atoms with Gasteiger partial charge in [0.05, 0.1) is 24.5 Å². The van der Waals surface area contributed by atoms with Crippen molar-refractivity contribution in [2.24, 2.45) is 23.2 Å². The van der Waals surface area contributed by atoms with Gasteiger partial charge in [-0.2, -0.15) is 0 Å². The molecule has 1 aliphatic carbocycles. The molecule has 0 radical (unpaired) electrons. The number of aliphatic hydroxyl groups is 1. The molecule has 0 heterocycles. The standard InChI is InChI=1S/C12H21NO4/c1-6(2)7(5-14)13-10(15)8-9(11(16)17)12(8,3)4/h6-9,14H,5H2,1-4H3,(H,13,15)(H,16,17)/t7-,8-,9+/m1/s1. The van der Waals surface area contributed by atoms with Crippen LogP contribution < -0.4 is 5.32 Å². The van der Waals surface area contributed by atoms with E-state index in [1.807, 2.05) is 13.8 Å². The van der Waals surface area contributed by atoms with Crippen LogP contribution in [0.25, 0.3) is 0 Å². The van der Waals surface area contributed by atoms with E-state index in [9.17, 15) is 9.59 Å². The van der Waals surface area contributed by atoms with Crippen molar-refractivity contribution in [3.05, 3.63) is 0 Å². The van der Waals surface area contributed by atoms with Gasteiger partial charge in [-0.15, -0.1) is 0 Å². The fourth-order valence-corrected chi connectivity index (χ4v) is 2.28. The van der Waals surface area contributed by atoms with E-state index in [-0.39, 0.29) is 24.5 Å². The predicted molar refractivity (Wildman–Crippen MR) is 62.3 cm³/mol. The fraction of sp³-hybridized carbons (Fsp3) is 0.833. The topological polar surface area (TPSA) is 86.6 Å². The molecule has 0 saturated heterocycles. The second kappa shape index (κ2) is 4.64. The Morgan fingerprint density at radius 3 is 2.12 bits per heavy atom. The first-order valence-electron chi connectivity index (χ1n) is 5.87. The van der Waals surface area contributed by atoms with Crippen LogP contribution in [0.3, 0.4) is 0 Å². The van der Waals surface area contributed by atoms with Crippen molar-refractivity contribution in [2.45, 2.75) is 33.7 Å². The Labute approximate surface area is 101 Å². The lowest BCUT2D eigenvalue weighted by Crippen LogP contribution is -2.42. The highest BCUT2D eigenvalue weighted by molar-refractivity contribution is 5.91. The minimum Gasteiger partial charge on any atom is -0.481 e. The Bertz CT molecular complexity index is 324. The first-order chi connectivity index (χ1) is 7.73. The van der Waals surface area contributed by atoms with E-state index in [4.69, 9.17) is 10.2 Å². The van der Waals surface area contributed by atoms with Crippen LogP contribution in [0.1, 0.15) is 27.7 Å². The van der Waals surface area contributed by atoms with Gasteiger partial charge in [0.2, 0.25) is 5.91 Å². The van der Waals surface area contributed by atoms with E-state index >= 15 is 0 Å². The van der Waals surface area contributed by atoms with Crippen molar-refractivity contribution in [1.82, 2.24) is 5.32 Å². The van der Waals surface area contributed by atoms with Crippen molar-refractivity contribution in [2.75, 3.05) is 6.61 Å². The van der Waals surface area contributed by atoms with Gasteiger partial charge in [-0.1, -0.05) is 27.7 Å². The van der Waals surface area contributed by atoms with E-state index in [1.54, 1.807) is 13.8 Å². The molecule has 0 aromatic heterocycles. The van der Waals surface area contributed by atoms with Crippen molar-refractivity contribution >= 4 is 11.9 Å². The van der Waals surface area contributed by atoms with E-state index in [2.05, 4.69) is 5.32 Å². The lowest BCUT2D eigenvalue weighted by molar-refractivity contribution is -0.140. The zero-order chi connectivity index (χ0) is 13.4. The first kappa shape index (κ1) is 14.0. The minimum atomic E-state index is -0.930. The number of carbonyl (C=O) groups is 2. The Kier molecular flexibility index (Phi) is 3.81. The molecular formula is C12H21NO4. The second-order valence-corrected chi connectivity index (χ2v) is 5.66. The molecule has 0 bridgehead atoms. The van der Waals surface area contributed by atoms with Gasteiger partial charge in [-0.25, -0.2) is 0 Å². The summed E-state index contributed by atoms with van der Waals surface area (Å²) in [7, 11) is 0. The number of rotatable bonds is 5. The molecule has 5 heteroatoms. The number of nitrogens with one attached hydrogen (secondary N) is 1. The number of carboxylic acids is 1. The van der Waals surface area contributed by atoms with Gasteiger partial charge in [-0.05, 0) is 11.3 Å². The molecule has 1 amide bonds. The van der Waals surface area contributed by atoms with Gasteiger partial charge in [0.15, 0.2) is 0 Å². The predicted octanol–water partition coefficient (Wildman–Crippen LogP) is 0.476. The van der Waals surface area contributed by atoms with Crippen LogP contribution in [-0.2, 0) is 9.59 Å². The molecule has 0 unspecified atom stereocenters. The van der Waals surface area contributed by atoms with Gasteiger partial charge in [0.25, 0.3) is 0 Å². The summed E-state index contributed by atoms with van der Waals surface area (Å²) in [6.45, 7) is 7.22. The van der Waals surface area contributed by atoms with Crippen molar-refractivity contribution < 1.29 is 19.8 Å². The molecule has 3 atom stereocenters. The zero-order valence-corrected chi connectivity index (χ0v) is 10.7.